The maximum Gasteiger partial charge on any atom is 0.339 e. The average molecular weight is 413 g/mol. The first-order valence-electron chi connectivity index (χ1n) is 8.49. The molecule has 2 aromatic heterocycles. The van der Waals surface area contributed by atoms with Crippen molar-refractivity contribution in [1.29, 1.82) is 0 Å². The van der Waals surface area contributed by atoms with Gasteiger partial charge in [-0.05, 0) is 36.4 Å². The number of halogens is 1. The van der Waals surface area contributed by atoms with Crippen molar-refractivity contribution >= 4 is 29.1 Å². The zero-order chi connectivity index (χ0) is 21.0. The molecule has 0 fully saturated rings. The Kier molecular flexibility index (Phi) is 5.94. The first-order valence-corrected chi connectivity index (χ1v) is 8.87. The topological polar surface area (TPSA) is 139 Å². The van der Waals surface area contributed by atoms with Crippen LogP contribution in [0.15, 0.2) is 48.8 Å². The van der Waals surface area contributed by atoms with Gasteiger partial charge in [-0.25, -0.2) is 4.79 Å². The van der Waals surface area contributed by atoms with Gasteiger partial charge < -0.3 is 15.2 Å². The molecule has 0 aliphatic rings. The van der Waals surface area contributed by atoms with E-state index in [0.29, 0.717) is 38.9 Å². The fourth-order valence-electron chi connectivity index (χ4n) is 2.62. The summed E-state index contributed by atoms with van der Waals surface area (Å²) in [5, 5.41) is 6.25. The van der Waals surface area contributed by atoms with Gasteiger partial charge in [0, 0.05) is 18.0 Å². The Balaban J connectivity index is 1.91. The van der Waals surface area contributed by atoms with Crippen molar-refractivity contribution in [3.63, 3.8) is 0 Å². The third-order valence-electron chi connectivity index (χ3n) is 4.11. The van der Waals surface area contributed by atoms with Crippen LogP contribution in [0.3, 0.4) is 0 Å². The lowest BCUT2D eigenvalue weighted by Gasteiger charge is -2.13. The number of benzene rings is 1. The summed E-state index contributed by atoms with van der Waals surface area (Å²) in [5.41, 5.74) is 14.8. The highest BCUT2D eigenvalue weighted by molar-refractivity contribution is 6.33. The Bertz CT molecular complexity index is 1070. The molecular weight excluding hydrogens is 394 g/mol. The number of hydrogen-bond donors (Lipinski definition) is 3. The number of esters is 1. The molecule has 1 aromatic carbocycles. The standard InChI is InChI=1S/C20H18ClN5O3/c1-28-20(27)11-4-5-13(26-9-11)10-29-16-8-12(7-14(17(16)22)19(23)24)18-15(21)3-2-6-25-18/h2-9H,10,22H2,1H3,(H3,23,24)/p+1. The van der Waals surface area contributed by atoms with Gasteiger partial charge in [-0.15, -0.1) is 0 Å². The van der Waals surface area contributed by atoms with Crippen LogP contribution in [0, 0.1) is 0 Å². The van der Waals surface area contributed by atoms with Crippen molar-refractivity contribution in [3.8, 4) is 17.0 Å². The Morgan fingerprint density at radius 2 is 2.03 bits per heavy atom. The fraction of sp³-hybridized carbons (Fsp3) is 0.100. The van der Waals surface area contributed by atoms with Gasteiger partial charge in [0.15, 0.2) is 0 Å². The van der Waals surface area contributed by atoms with Crippen LogP contribution in [0.1, 0.15) is 21.6 Å². The van der Waals surface area contributed by atoms with Gasteiger partial charge in [0.25, 0.3) is 5.84 Å². The maximum absolute atomic E-state index is 11.5. The predicted molar refractivity (Wildman–Crippen MR) is 109 cm³/mol. The summed E-state index contributed by atoms with van der Waals surface area (Å²) in [5.74, 6) is -0.0685. The number of anilines is 1. The van der Waals surface area contributed by atoms with E-state index in [0.717, 1.165) is 0 Å². The molecule has 0 saturated heterocycles. The van der Waals surface area contributed by atoms with Gasteiger partial charge in [0.05, 0.1) is 40.3 Å². The number of amidine groups is 1. The molecule has 148 valence electrons. The van der Waals surface area contributed by atoms with Gasteiger partial charge in [0.2, 0.25) is 0 Å². The third-order valence-corrected chi connectivity index (χ3v) is 4.41. The van der Waals surface area contributed by atoms with E-state index in [9.17, 15) is 4.79 Å². The van der Waals surface area contributed by atoms with E-state index >= 15 is 0 Å². The number of rotatable bonds is 6. The van der Waals surface area contributed by atoms with E-state index in [4.69, 9.17) is 33.2 Å². The van der Waals surface area contributed by atoms with E-state index < -0.39 is 5.97 Å². The lowest BCUT2D eigenvalue weighted by Crippen LogP contribution is -2.46. The monoisotopic (exact) mass is 412 g/mol. The van der Waals surface area contributed by atoms with Crippen LogP contribution in [-0.4, -0.2) is 28.9 Å². The van der Waals surface area contributed by atoms with Gasteiger partial charge in [-0.2, -0.15) is 0 Å². The molecule has 3 aromatic rings. The van der Waals surface area contributed by atoms with E-state index in [2.05, 4.69) is 14.7 Å². The van der Waals surface area contributed by atoms with Gasteiger partial charge in [0.1, 0.15) is 12.4 Å². The Morgan fingerprint density at radius 3 is 2.66 bits per heavy atom. The molecule has 0 aliphatic carbocycles. The molecule has 0 spiro atoms. The van der Waals surface area contributed by atoms with E-state index in [1.807, 2.05) is 0 Å². The van der Waals surface area contributed by atoms with Crippen molar-refractivity contribution in [2.45, 2.75) is 6.61 Å². The number of ether oxygens (including phenoxy) is 2. The second-order valence-electron chi connectivity index (χ2n) is 6.04. The molecule has 0 unspecified atom stereocenters. The summed E-state index contributed by atoms with van der Waals surface area (Å²) in [7, 11) is 1.31. The minimum atomic E-state index is -0.465. The summed E-state index contributed by atoms with van der Waals surface area (Å²) in [6, 6.07) is 10.1. The van der Waals surface area contributed by atoms with E-state index in [-0.39, 0.29) is 18.1 Å². The molecule has 8 nitrogen and oxygen atoms in total. The van der Waals surface area contributed by atoms with Crippen LogP contribution >= 0.6 is 11.6 Å². The second kappa shape index (κ2) is 8.57. The predicted octanol–water partition coefficient (Wildman–Crippen LogP) is 1.21. The van der Waals surface area contributed by atoms with Crippen molar-refractivity contribution in [3.05, 3.63) is 70.6 Å². The number of nitrogens with two attached hydrogens (primary N) is 3. The molecule has 0 radical (unpaired) electrons. The quantitative estimate of drug-likeness (QED) is 0.239. The number of carbonyl (C=O) groups is 1. The van der Waals surface area contributed by atoms with E-state index in [1.165, 1.54) is 13.3 Å². The Labute approximate surface area is 172 Å². The Morgan fingerprint density at radius 1 is 1.24 bits per heavy atom. The highest BCUT2D eigenvalue weighted by atomic mass is 35.5. The molecule has 0 bridgehead atoms. The van der Waals surface area contributed by atoms with Crippen LogP contribution in [0.25, 0.3) is 11.3 Å². The van der Waals surface area contributed by atoms with Gasteiger partial charge >= 0.3 is 5.97 Å². The lowest BCUT2D eigenvalue weighted by molar-refractivity contribution is -0.114. The molecule has 0 amide bonds. The van der Waals surface area contributed by atoms with Crippen molar-refractivity contribution < 1.29 is 19.7 Å². The molecule has 2 heterocycles. The Hall–Kier alpha value is -3.65. The highest BCUT2D eigenvalue weighted by Crippen LogP contribution is 2.34. The number of nitrogens with zero attached hydrogens (tertiary/aromatic N) is 2. The molecule has 0 atom stereocenters. The number of methoxy groups -OCH3 is 1. The molecule has 6 N–H and O–H groups in total. The smallest absolute Gasteiger partial charge is 0.339 e. The molecule has 9 heteroatoms. The molecule has 0 aliphatic heterocycles. The van der Waals surface area contributed by atoms with Crippen LogP contribution in [-0.2, 0) is 11.3 Å². The van der Waals surface area contributed by atoms with Crippen LogP contribution in [0.2, 0.25) is 5.02 Å². The van der Waals surface area contributed by atoms with E-state index in [1.54, 1.807) is 42.6 Å². The van der Waals surface area contributed by atoms with Crippen molar-refractivity contribution in [2.24, 2.45) is 5.73 Å². The minimum absolute atomic E-state index is 0.0433. The zero-order valence-electron chi connectivity index (χ0n) is 15.6. The van der Waals surface area contributed by atoms with Crippen molar-refractivity contribution in [1.82, 2.24) is 9.97 Å². The summed E-state index contributed by atoms with van der Waals surface area (Å²) in [6.45, 7) is 0.106. The molecule has 0 saturated carbocycles. The average Bonchev–Trinajstić information content (AvgIpc) is 2.73. The lowest BCUT2D eigenvalue weighted by atomic mass is 10.0. The van der Waals surface area contributed by atoms with Crippen LogP contribution in [0.5, 0.6) is 5.75 Å². The fourth-order valence-corrected chi connectivity index (χ4v) is 2.85. The molecule has 3 rings (SSSR count). The number of hydrogen-bond acceptors (Lipinski definition) is 6. The summed E-state index contributed by atoms with van der Waals surface area (Å²) in [4.78, 5) is 20.0. The third kappa shape index (κ3) is 4.44. The van der Waals surface area contributed by atoms with Crippen LogP contribution < -0.4 is 21.6 Å². The van der Waals surface area contributed by atoms with Crippen molar-refractivity contribution in [2.75, 3.05) is 12.8 Å². The first-order chi connectivity index (χ1) is 13.9. The normalized spacial score (nSPS) is 10.4. The second-order valence-corrected chi connectivity index (χ2v) is 6.45. The summed E-state index contributed by atoms with van der Waals surface area (Å²) < 4.78 is 10.5. The summed E-state index contributed by atoms with van der Waals surface area (Å²) >= 11 is 6.26. The SMILES string of the molecule is COC(=O)c1ccc(COc2cc(-c3ncccc3Cl)cc(C(N)=[NH2+])c2N)nc1. The summed E-state index contributed by atoms with van der Waals surface area (Å²) in [6.07, 6.45) is 3.04. The number of nitrogen functional groups attached to an aromatic ring is 1. The number of aromatic nitrogens is 2. The zero-order valence-corrected chi connectivity index (χ0v) is 16.3. The first kappa shape index (κ1) is 20.1. The van der Waals surface area contributed by atoms with Crippen LogP contribution in [0.4, 0.5) is 5.69 Å². The highest BCUT2D eigenvalue weighted by Gasteiger charge is 2.17. The minimum Gasteiger partial charge on any atom is -0.485 e. The molecular formula is C20H19ClN5O3+. The van der Waals surface area contributed by atoms with Gasteiger partial charge in [-0.3, -0.25) is 21.1 Å². The maximum atomic E-state index is 11.5. The number of pyridine rings is 2. The number of carbonyl (C=O) groups excluding carboxylic acids is 1. The largest absolute Gasteiger partial charge is 0.485 e. The molecule has 29 heavy (non-hydrogen) atoms. The van der Waals surface area contributed by atoms with Gasteiger partial charge in [-0.1, -0.05) is 11.6 Å².